The molecule has 0 aliphatic carbocycles. The molecule has 5 nitrogen and oxygen atoms in total. The highest BCUT2D eigenvalue weighted by Crippen LogP contribution is 2.27. The molecule has 0 N–H and O–H groups in total. The van der Waals surface area contributed by atoms with Crippen LogP contribution in [0, 0.1) is 3.70 Å². The Bertz CT molecular complexity index is 451. The van der Waals surface area contributed by atoms with E-state index in [9.17, 15) is 9.59 Å². The molecule has 2 heterocycles. The maximum absolute atomic E-state index is 11.8. The van der Waals surface area contributed by atoms with Gasteiger partial charge in [-0.15, -0.1) is 10.2 Å². The number of rotatable bonds is 2. The van der Waals surface area contributed by atoms with Gasteiger partial charge in [-0.1, -0.05) is 11.8 Å². The van der Waals surface area contributed by atoms with E-state index in [1.165, 1.54) is 18.7 Å². The highest BCUT2D eigenvalue weighted by Gasteiger charge is 2.32. The number of hydrogen-bond acceptors (Lipinski definition) is 5. The Morgan fingerprint density at radius 2 is 2.29 bits per heavy atom. The molecule has 1 aliphatic heterocycles. The monoisotopic (exact) mass is 363 g/mol. The number of amides is 1. The van der Waals surface area contributed by atoms with Gasteiger partial charge in [-0.3, -0.25) is 14.5 Å². The van der Waals surface area contributed by atoms with Gasteiger partial charge in [0, 0.05) is 25.1 Å². The smallest absolute Gasteiger partial charge is 0.229 e. The normalized spacial score (nSPS) is 19.8. The third-order valence-corrected chi connectivity index (χ3v) is 3.87. The van der Waals surface area contributed by atoms with E-state index in [4.69, 9.17) is 0 Å². The van der Waals surface area contributed by atoms with Crippen LogP contribution >= 0.6 is 34.4 Å². The van der Waals surface area contributed by atoms with Crippen LogP contribution in [-0.4, -0.2) is 33.0 Å². The maximum Gasteiger partial charge on any atom is 0.229 e. The molecule has 1 aromatic heterocycles. The summed E-state index contributed by atoms with van der Waals surface area (Å²) in [5, 5.41) is 7.96. The Balaban J connectivity index is 2.10. The second-order valence-electron chi connectivity index (χ2n) is 3.65. The molecule has 0 saturated carbocycles. The summed E-state index contributed by atoms with van der Waals surface area (Å²) in [6, 6.07) is 3.58. The van der Waals surface area contributed by atoms with Crippen LogP contribution in [0.2, 0.25) is 0 Å². The molecule has 1 aliphatic rings. The van der Waals surface area contributed by atoms with Crippen LogP contribution in [0.3, 0.4) is 0 Å². The summed E-state index contributed by atoms with van der Waals surface area (Å²) >= 11 is 3.28. The number of thioether (sulfide) groups is 1. The molecule has 1 saturated heterocycles. The number of carbonyl (C=O) groups excluding carboxylic acids is 2. The lowest BCUT2D eigenvalue weighted by Crippen LogP contribution is -2.26. The lowest BCUT2D eigenvalue weighted by molar-refractivity contribution is -0.117. The molecule has 2 rings (SSSR count). The molecule has 90 valence electrons. The minimum Gasteiger partial charge on any atom is -0.294 e. The maximum atomic E-state index is 11.8. The second-order valence-corrected chi connectivity index (χ2v) is 6.24. The molecular formula is C10H10IN3O2S. The van der Waals surface area contributed by atoms with Gasteiger partial charge in [0.25, 0.3) is 0 Å². The molecular weight excluding hydrogens is 353 g/mol. The minimum atomic E-state index is -0.000687. The zero-order chi connectivity index (χ0) is 12.4. The van der Waals surface area contributed by atoms with Crippen LogP contribution in [0.4, 0.5) is 5.82 Å². The molecule has 1 fully saturated rings. The zero-order valence-corrected chi connectivity index (χ0v) is 12.1. The van der Waals surface area contributed by atoms with E-state index in [-0.39, 0.29) is 16.3 Å². The van der Waals surface area contributed by atoms with Crippen LogP contribution in [0.1, 0.15) is 13.3 Å². The summed E-state index contributed by atoms with van der Waals surface area (Å²) in [5.74, 6) is 0.557. The minimum absolute atomic E-state index is 0.000687. The first-order valence-corrected chi connectivity index (χ1v) is 6.99. The Labute approximate surface area is 116 Å². The lowest BCUT2D eigenvalue weighted by Gasteiger charge is -2.14. The van der Waals surface area contributed by atoms with E-state index in [2.05, 4.69) is 32.8 Å². The van der Waals surface area contributed by atoms with Crippen LogP contribution in [-0.2, 0) is 9.59 Å². The lowest BCUT2D eigenvalue weighted by atomic mass is 10.4. The molecule has 0 spiro atoms. The van der Waals surface area contributed by atoms with E-state index in [0.29, 0.717) is 18.8 Å². The Morgan fingerprint density at radius 1 is 1.53 bits per heavy atom. The summed E-state index contributed by atoms with van der Waals surface area (Å²) in [7, 11) is 0. The fourth-order valence-corrected chi connectivity index (χ4v) is 2.87. The van der Waals surface area contributed by atoms with Gasteiger partial charge in [-0.25, -0.2) is 0 Å². The summed E-state index contributed by atoms with van der Waals surface area (Å²) < 4.78 is 0.785. The van der Waals surface area contributed by atoms with E-state index < -0.39 is 0 Å². The van der Waals surface area contributed by atoms with E-state index in [1.54, 1.807) is 11.0 Å². The number of carbonyl (C=O) groups is 2. The number of nitrogens with zero attached hydrogens (tertiary/aromatic N) is 3. The van der Waals surface area contributed by atoms with Crippen molar-refractivity contribution in [2.45, 2.75) is 18.6 Å². The van der Waals surface area contributed by atoms with Crippen molar-refractivity contribution in [1.29, 1.82) is 0 Å². The largest absolute Gasteiger partial charge is 0.294 e. The van der Waals surface area contributed by atoms with Gasteiger partial charge in [0.15, 0.2) is 10.9 Å². The molecule has 1 amide bonds. The number of anilines is 1. The first-order chi connectivity index (χ1) is 8.06. The average molecular weight is 363 g/mol. The third-order valence-electron chi connectivity index (χ3n) is 2.32. The molecule has 0 bridgehead atoms. The molecule has 7 heteroatoms. The molecule has 1 unspecified atom stereocenters. The topological polar surface area (TPSA) is 63.2 Å². The van der Waals surface area contributed by atoms with Crippen LogP contribution in [0.5, 0.6) is 0 Å². The predicted molar refractivity (Wildman–Crippen MR) is 73.8 cm³/mol. The highest BCUT2D eigenvalue weighted by molar-refractivity contribution is 14.1. The molecule has 0 radical (unpaired) electrons. The second kappa shape index (κ2) is 5.30. The van der Waals surface area contributed by atoms with Gasteiger partial charge < -0.3 is 0 Å². The van der Waals surface area contributed by atoms with E-state index in [1.807, 2.05) is 6.07 Å². The first-order valence-electron chi connectivity index (χ1n) is 5.03. The average Bonchev–Trinajstić information content (AvgIpc) is 2.59. The van der Waals surface area contributed by atoms with Gasteiger partial charge in [-0.05, 0) is 34.7 Å². The standard InChI is InChI=1S/C10H10IN3O2S/c1-6(15)17-7-4-10(16)14(5-7)9-3-2-8(11)12-13-9/h2-3,7H,4-5H2,1H3. The molecule has 1 atom stereocenters. The third kappa shape index (κ3) is 3.15. The summed E-state index contributed by atoms with van der Waals surface area (Å²) in [6.07, 6.45) is 0.387. The Hall–Kier alpha value is -0.700. The molecule has 17 heavy (non-hydrogen) atoms. The SMILES string of the molecule is CC(=O)SC1CC(=O)N(c2ccc(I)nn2)C1. The quantitative estimate of drug-likeness (QED) is 0.745. The van der Waals surface area contributed by atoms with Crippen molar-refractivity contribution >= 4 is 51.2 Å². The summed E-state index contributed by atoms with van der Waals surface area (Å²) in [6.45, 7) is 2.04. The van der Waals surface area contributed by atoms with Crippen LogP contribution in [0.15, 0.2) is 12.1 Å². The number of aromatic nitrogens is 2. The Kier molecular flexibility index (Phi) is 3.97. The van der Waals surface area contributed by atoms with Gasteiger partial charge in [-0.2, -0.15) is 0 Å². The summed E-state index contributed by atoms with van der Waals surface area (Å²) in [4.78, 5) is 24.4. The number of halogens is 1. The first kappa shape index (κ1) is 12.7. The van der Waals surface area contributed by atoms with Crippen molar-refractivity contribution in [2.24, 2.45) is 0 Å². The van der Waals surface area contributed by atoms with Crippen molar-refractivity contribution in [3.63, 3.8) is 0 Å². The predicted octanol–water partition coefficient (Wildman–Crippen LogP) is 1.47. The van der Waals surface area contributed by atoms with Crippen molar-refractivity contribution in [3.05, 3.63) is 15.8 Å². The zero-order valence-electron chi connectivity index (χ0n) is 9.09. The van der Waals surface area contributed by atoms with Crippen molar-refractivity contribution in [2.75, 3.05) is 11.4 Å². The van der Waals surface area contributed by atoms with E-state index in [0.717, 1.165) is 3.70 Å². The van der Waals surface area contributed by atoms with Gasteiger partial charge >= 0.3 is 0 Å². The van der Waals surface area contributed by atoms with Crippen LogP contribution in [0.25, 0.3) is 0 Å². The fraction of sp³-hybridized carbons (Fsp3) is 0.400. The molecule has 1 aromatic rings. The van der Waals surface area contributed by atoms with Gasteiger partial charge in [0.1, 0.15) is 3.70 Å². The van der Waals surface area contributed by atoms with Crippen molar-refractivity contribution in [3.8, 4) is 0 Å². The highest BCUT2D eigenvalue weighted by atomic mass is 127. The Morgan fingerprint density at radius 3 is 2.88 bits per heavy atom. The summed E-state index contributed by atoms with van der Waals surface area (Å²) in [5.41, 5.74) is 0. The molecule has 0 aromatic carbocycles. The fourth-order valence-electron chi connectivity index (χ4n) is 1.66. The van der Waals surface area contributed by atoms with Crippen molar-refractivity contribution < 1.29 is 9.59 Å². The van der Waals surface area contributed by atoms with Gasteiger partial charge in [0.05, 0.1) is 0 Å². The van der Waals surface area contributed by atoms with E-state index >= 15 is 0 Å². The van der Waals surface area contributed by atoms with Crippen LogP contribution < -0.4 is 4.90 Å². The number of hydrogen-bond donors (Lipinski definition) is 0. The van der Waals surface area contributed by atoms with Gasteiger partial charge in [0.2, 0.25) is 5.91 Å². The van der Waals surface area contributed by atoms with Crippen molar-refractivity contribution in [1.82, 2.24) is 10.2 Å².